The van der Waals surface area contributed by atoms with Gasteiger partial charge in [0, 0.05) is 7.05 Å². The van der Waals surface area contributed by atoms with Gasteiger partial charge in [-0.15, -0.1) is 0 Å². The first kappa shape index (κ1) is 13.1. The van der Waals surface area contributed by atoms with Gasteiger partial charge >= 0.3 is 0 Å². The van der Waals surface area contributed by atoms with E-state index in [-0.39, 0.29) is 0 Å². The van der Waals surface area contributed by atoms with Gasteiger partial charge in [0.15, 0.2) is 0 Å². The van der Waals surface area contributed by atoms with Crippen LogP contribution in [0.25, 0.3) is 0 Å². The van der Waals surface area contributed by atoms with E-state index in [4.69, 9.17) is 27.6 Å². The third-order valence-electron chi connectivity index (χ3n) is 2.39. The second-order valence-electron chi connectivity index (χ2n) is 3.77. The van der Waals surface area contributed by atoms with E-state index in [0.29, 0.717) is 28.2 Å². The molecule has 0 aliphatic carbocycles. The Labute approximate surface area is 115 Å². The minimum atomic E-state index is 0.474. The standard InChI is InChI=1S/C12H13Cl2N3O/c1-7-3-4-8(18-7)6-16-12-10(14)5-9(13)11(15-2)17-12/h3-5H,6H2,1-2H3,(H2,15,16,17). The largest absolute Gasteiger partial charge is 0.465 e. The number of rotatable bonds is 4. The fourth-order valence-electron chi connectivity index (χ4n) is 1.52. The number of aromatic nitrogens is 1. The van der Waals surface area contributed by atoms with Crippen molar-refractivity contribution in [2.45, 2.75) is 13.5 Å². The Morgan fingerprint density at radius 1 is 1.22 bits per heavy atom. The van der Waals surface area contributed by atoms with Gasteiger partial charge in [0.05, 0.1) is 16.6 Å². The average Bonchev–Trinajstić information content (AvgIpc) is 2.74. The zero-order valence-electron chi connectivity index (χ0n) is 10.1. The van der Waals surface area contributed by atoms with Crippen LogP contribution in [0, 0.1) is 6.92 Å². The summed E-state index contributed by atoms with van der Waals surface area (Å²) < 4.78 is 5.45. The van der Waals surface area contributed by atoms with Crippen molar-refractivity contribution < 1.29 is 4.42 Å². The Morgan fingerprint density at radius 2 is 1.94 bits per heavy atom. The smallest absolute Gasteiger partial charge is 0.147 e. The molecule has 0 atom stereocenters. The molecule has 0 aliphatic heterocycles. The molecule has 0 saturated heterocycles. The summed E-state index contributed by atoms with van der Waals surface area (Å²) in [5.41, 5.74) is 0. The Kier molecular flexibility index (Phi) is 3.99. The van der Waals surface area contributed by atoms with E-state index in [9.17, 15) is 0 Å². The van der Waals surface area contributed by atoms with E-state index >= 15 is 0 Å². The third kappa shape index (κ3) is 2.89. The van der Waals surface area contributed by atoms with Crippen LogP contribution in [0.2, 0.25) is 10.0 Å². The number of hydrogen-bond donors (Lipinski definition) is 2. The van der Waals surface area contributed by atoms with E-state index in [1.807, 2.05) is 19.1 Å². The van der Waals surface area contributed by atoms with Crippen molar-refractivity contribution >= 4 is 34.8 Å². The van der Waals surface area contributed by atoms with Crippen LogP contribution in [0.3, 0.4) is 0 Å². The lowest BCUT2D eigenvalue weighted by atomic mass is 10.4. The van der Waals surface area contributed by atoms with E-state index in [0.717, 1.165) is 11.5 Å². The lowest BCUT2D eigenvalue weighted by molar-refractivity contribution is 0.490. The molecule has 96 valence electrons. The second kappa shape index (κ2) is 5.50. The molecule has 2 aromatic rings. The van der Waals surface area contributed by atoms with Crippen molar-refractivity contribution in [2.24, 2.45) is 0 Å². The van der Waals surface area contributed by atoms with Gasteiger partial charge in [0.2, 0.25) is 0 Å². The summed E-state index contributed by atoms with van der Waals surface area (Å²) in [4.78, 5) is 4.28. The highest BCUT2D eigenvalue weighted by atomic mass is 35.5. The first-order chi connectivity index (χ1) is 8.60. The maximum Gasteiger partial charge on any atom is 0.147 e. The highest BCUT2D eigenvalue weighted by molar-refractivity contribution is 6.37. The summed E-state index contributed by atoms with van der Waals surface area (Å²) in [5, 5.41) is 6.97. The number of nitrogens with one attached hydrogen (secondary N) is 2. The number of anilines is 2. The molecule has 0 bridgehead atoms. The molecule has 2 heterocycles. The van der Waals surface area contributed by atoms with Crippen LogP contribution in [-0.4, -0.2) is 12.0 Å². The fraction of sp³-hybridized carbons (Fsp3) is 0.250. The van der Waals surface area contributed by atoms with Gasteiger partial charge in [0.25, 0.3) is 0 Å². The average molecular weight is 286 g/mol. The van der Waals surface area contributed by atoms with Crippen molar-refractivity contribution in [3.63, 3.8) is 0 Å². The first-order valence-electron chi connectivity index (χ1n) is 5.43. The molecular weight excluding hydrogens is 273 g/mol. The van der Waals surface area contributed by atoms with Crippen LogP contribution >= 0.6 is 23.2 Å². The molecule has 6 heteroatoms. The minimum absolute atomic E-state index is 0.474. The lowest BCUT2D eigenvalue weighted by Gasteiger charge is -2.09. The van der Waals surface area contributed by atoms with E-state index < -0.39 is 0 Å². The minimum Gasteiger partial charge on any atom is -0.465 e. The summed E-state index contributed by atoms with van der Waals surface area (Å²) in [6.45, 7) is 2.42. The zero-order chi connectivity index (χ0) is 13.1. The van der Waals surface area contributed by atoms with Crippen molar-refractivity contribution in [1.82, 2.24) is 4.98 Å². The van der Waals surface area contributed by atoms with Crippen molar-refractivity contribution in [3.05, 3.63) is 39.8 Å². The molecule has 0 aromatic carbocycles. The molecule has 18 heavy (non-hydrogen) atoms. The van der Waals surface area contributed by atoms with Crippen molar-refractivity contribution in [2.75, 3.05) is 17.7 Å². The van der Waals surface area contributed by atoms with Gasteiger partial charge in [-0.25, -0.2) is 4.98 Å². The van der Waals surface area contributed by atoms with E-state index in [1.165, 1.54) is 0 Å². The molecule has 0 aliphatic rings. The van der Waals surface area contributed by atoms with Gasteiger partial charge in [-0.1, -0.05) is 23.2 Å². The van der Waals surface area contributed by atoms with Gasteiger partial charge < -0.3 is 15.1 Å². The molecular formula is C12H13Cl2N3O. The topological polar surface area (TPSA) is 50.1 Å². The quantitative estimate of drug-likeness (QED) is 0.893. The molecule has 0 unspecified atom stereocenters. The SMILES string of the molecule is CNc1nc(NCc2ccc(C)o2)c(Cl)cc1Cl. The molecule has 0 amide bonds. The number of nitrogens with zero attached hydrogens (tertiary/aromatic N) is 1. The lowest BCUT2D eigenvalue weighted by Crippen LogP contribution is -2.03. The van der Waals surface area contributed by atoms with Gasteiger partial charge in [-0.3, -0.25) is 0 Å². The third-order valence-corrected chi connectivity index (χ3v) is 2.97. The van der Waals surface area contributed by atoms with Crippen molar-refractivity contribution in [1.29, 1.82) is 0 Å². The summed E-state index contributed by atoms with van der Waals surface area (Å²) in [6, 6.07) is 5.47. The monoisotopic (exact) mass is 285 g/mol. The molecule has 2 rings (SSSR count). The summed E-state index contributed by atoms with van der Waals surface area (Å²) in [6.07, 6.45) is 0. The Balaban J connectivity index is 2.13. The van der Waals surface area contributed by atoms with Gasteiger partial charge in [-0.2, -0.15) is 0 Å². The van der Waals surface area contributed by atoms with E-state index in [2.05, 4.69) is 15.6 Å². The van der Waals surface area contributed by atoms with Crippen LogP contribution in [0.4, 0.5) is 11.6 Å². The fourth-order valence-corrected chi connectivity index (χ4v) is 2.04. The molecule has 0 fully saturated rings. The van der Waals surface area contributed by atoms with Crippen LogP contribution in [0.15, 0.2) is 22.6 Å². The second-order valence-corrected chi connectivity index (χ2v) is 4.58. The number of halogens is 2. The Morgan fingerprint density at radius 3 is 2.56 bits per heavy atom. The Bertz CT molecular complexity index is 554. The number of pyridine rings is 1. The zero-order valence-corrected chi connectivity index (χ0v) is 11.6. The predicted octanol–water partition coefficient (Wildman–Crippen LogP) is 3.94. The number of furan rings is 1. The Hall–Kier alpha value is -1.39. The molecule has 0 spiro atoms. The highest BCUT2D eigenvalue weighted by Gasteiger charge is 2.08. The summed E-state index contributed by atoms with van der Waals surface area (Å²) in [5.74, 6) is 2.85. The van der Waals surface area contributed by atoms with Crippen LogP contribution in [0.5, 0.6) is 0 Å². The predicted molar refractivity (Wildman–Crippen MR) is 74.6 cm³/mol. The van der Waals surface area contributed by atoms with Crippen LogP contribution in [0.1, 0.15) is 11.5 Å². The molecule has 2 aromatic heterocycles. The molecule has 2 N–H and O–H groups in total. The van der Waals surface area contributed by atoms with Gasteiger partial charge in [-0.05, 0) is 25.1 Å². The maximum absolute atomic E-state index is 6.06. The van der Waals surface area contributed by atoms with E-state index in [1.54, 1.807) is 13.1 Å². The highest BCUT2D eigenvalue weighted by Crippen LogP contribution is 2.29. The molecule has 0 radical (unpaired) electrons. The van der Waals surface area contributed by atoms with Crippen LogP contribution in [-0.2, 0) is 6.54 Å². The molecule has 0 saturated carbocycles. The first-order valence-corrected chi connectivity index (χ1v) is 6.18. The maximum atomic E-state index is 6.06. The number of aryl methyl sites for hydroxylation is 1. The number of hydrogen-bond acceptors (Lipinski definition) is 4. The van der Waals surface area contributed by atoms with Crippen molar-refractivity contribution in [3.8, 4) is 0 Å². The normalized spacial score (nSPS) is 10.4. The summed E-state index contributed by atoms with van der Waals surface area (Å²) >= 11 is 12.0. The van der Waals surface area contributed by atoms with Gasteiger partial charge in [0.1, 0.15) is 23.2 Å². The molecule has 4 nitrogen and oxygen atoms in total. The van der Waals surface area contributed by atoms with Crippen LogP contribution < -0.4 is 10.6 Å². The summed E-state index contributed by atoms with van der Waals surface area (Å²) in [7, 11) is 1.75.